The van der Waals surface area contributed by atoms with Crippen molar-refractivity contribution in [1.29, 1.82) is 5.41 Å². The third kappa shape index (κ3) is 1.82. The van der Waals surface area contributed by atoms with Crippen LogP contribution in [0.3, 0.4) is 0 Å². The number of hydrogen-bond donors (Lipinski definition) is 1. The Morgan fingerprint density at radius 2 is 1.93 bits per heavy atom. The first kappa shape index (κ1) is 8.95. The molecule has 0 radical (unpaired) electrons. The molecule has 1 N–H and O–H groups in total. The molecule has 0 spiro atoms. The van der Waals surface area contributed by atoms with Gasteiger partial charge in [0.15, 0.2) is 0 Å². The fourth-order valence-corrected chi connectivity index (χ4v) is 1.63. The van der Waals surface area contributed by atoms with Crippen LogP contribution in [-0.4, -0.2) is 5.71 Å². The Balaban J connectivity index is 2.17. The lowest BCUT2D eigenvalue weighted by molar-refractivity contribution is 0.863. The topological polar surface area (TPSA) is 23.9 Å². The molecule has 0 aliphatic heterocycles. The number of rotatable bonds is 2. The van der Waals surface area contributed by atoms with Crippen molar-refractivity contribution < 1.29 is 0 Å². The summed E-state index contributed by atoms with van der Waals surface area (Å²) in [6, 6.07) is 9.93. The zero-order valence-electron chi connectivity index (χ0n) is 7.98. The van der Waals surface area contributed by atoms with Crippen LogP contribution in [0.5, 0.6) is 0 Å². The standard InChI is InChI=1S/C13H13N/c14-13(11-7-3-1-4-8-11)12-9-5-2-6-10-12/h1-9,12,14H,10H2. The second kappa shape index (κ2) is 4.05. The lowest BCUT2D eigenvalue weighted by Crippen LogP contribution is -2.12. The van der Waals surface area contributed by atoms with Crippen molar-refractivity contribution in [2.75, 3.05) is 0 Å². The third-order valence-corrected chi connectivity index (χ3v) is 2.44. The minimum Gasteiger partial charge on any atom is -0.304 e. The largest absolute Gasteiger partial charge is 0.304 e. The van der Waals surface area contributed by atoms with Crippen molar-refractivity contribution in [3.63, 3.8) is 0 Å². The summed E-state index contributed by atoms with van der Waals surface area (Å²) in [5.74, 6) is 0.252. The summed E-state index contributed by atoms with van der Waals surface area (Å²) in [4.78, 5) is 0. The van der Waals surface area contributed by atoms with Crippen molar-refractivity contribution in [3.8, 4) is 0 Å². The summed E-state index contributed by atoms with van der Waals surface area (Å²) in [5.41, 5.74) is 1.74. The highest BCUT2D eigenvalue weighted by Gasteiger charge is 2.12. The van der Waals surface area contributed by atoms with E-state index in [4.69, 9.17) is 5.41 Å². The van der Waals surface area contributed by atoms with Crippen LogP contribution in [0.25, 0.3) is 0 Å². The van der Waals surface area contributed by atoms with Crippen LogP contribution in [0, 0.1) is 11.3 Å². The van der Waals surface area contributed by atoms with Gasteiger partial charge in [-0.05, 0) is 12.0 Å². The average molecular weight is 183 g/mol. The second-order valence-electron chi connectivity index (χ2n) is 3.43. The van der Waals surface area contributed by atoms with E-state index < -0.39 is 0 Å². The molecule has 14 heavy (non-hydrogen) atoms. The predicted octanol–water partition coefficient (Wildman–Crippen LogP) is 3.19. The summed E-state index contributed by atoms with van der Waals surface area (Å²) in [5, 5.41) is 8.04. The molecule has 0 bridgehead atoms. The summed E-state index contributed by atoms with van der Waals surface area (Å²) in [7, 11) is 0. The molecule has 1 atom stereocenters. The molecule has 2 rings (SSSR count). The Bertz CT molecular complexity index is 373. The van der Waals surface area contributed by atoms with Crippen LogP contribution in [0.1, 0.15) is 12.0 Å². The number of nitrogens with one attached hydrogen (secondary N) is 1. The zero-order valence-corrected chi connectivity index (χ0v) is 7.98. The molecule has 0 aromatic heterocycles. The van der Waals surface area contributed by atoms with Gasteiger partial charge in [-0.15, -0.1) is 0 Å². The molecular weight excluding hydrogens is 170 g/mol. The highest BCUT2D eigenvalue weighted by molar-refractivity contribution is 6.01. The zero-order chi connectivity index (χ0) is 9.80. The molecule has 1 aromatic carbocycles. The lowest BCUT2D eigenvalue weighted by Gasteiger charge is -2.14. The molecule has 0 saturated carbocycles. The fourth-order valence-electron chi connectivity index (χ4n) is 1.63. The fraction of sp³-hybridized carbons (Fsp3) is 0.154. The maximum atomic E-state index is 8.04. The summed E-state index contributed by atoms with van der Waals surface area (Å²) in [6.07, 6.45) is 9.21. The summed E-state index contributed by atoms with van der Waals surface area (Å²) < 4.78 is 0. The molecule has 0 amide bonds. The first-order valence-corrected chi connectivity index (χ1v) is 4.85. The van der Waals surface area contributed by atoms with E-state index >= 15 is 0 Å². The van der Waals surface area contributed by atoms with Crippen molar-refractivity contribution >= 4 is 5.71 Å². The van der Waals surface area contributed by atoms with Gasteiger partial charge >= 0.3 is 0 Å². The SMILES string of the molecule is N=C(c1ccccc1)C1C=CC=CC1. The van der Waals surface area contributed by atoms with Crippen LogP contribution in [0.4, 0.5) is 0 Å². The maximum absolute atomic E-state index is 8.04. The Labute approximate surface area is 84.3 Å². The molecule has 0 heterocycles. The Hall–Kier alpha value is -1.63. The highest BCUT2D eigenvalue weighted by Crippen LogP contribution is 2.17. The minimum absolute atomic E-state index is 0.252. The molecule has 70 valence electrons. The van der Waals surface area contributed by atoms with E-state index in [1.54, 1.807) is 0 Å². The van der Waals surface area contributed by atoms with Crippen LogP contribution in [0.15, 0.2) is 54.6 Å². The van der Waals surface area contributed by atoms with Gasteiger partial charge in [0.05, 0.1) is 0 Å². The van der Waals surface area contributed by atoms with Crippen LogP contribution in [0.2, 0.25) is 0 Å². The Kier molecular flexibility index (Phi) is 2.59. The van der Waals surface area contributed by atoms with E-state index in [1.165, 1.54) is 0 Å². The highest BCUT2D eigenvalue weighted by atomic mass is 14.4. The van der Waals surface area contributed by atoms with Gasteiger partial charge < -0.3 is 5.41 Å². The van der Waals surface area contributed by atoms with Crippen LogP contribution < -0.4 is 0 Å². The molecule has 1 unspecified atom stereocenters. The molecular formula is C13H13N. The molecule has 0 fully saturated rings. The lowest BCUT2D eigenvalue weighted by atomic mass is 9.91. The monoisotopic (exact) mass is 183 g/mol. The van der Waals surface area contributed by atoms with Crippen molar-refractivity contribution in [2.45, 2.75) is 6.42 Å². The molecule has 1 aliphatic rings. The van der Waals surface area contributed by atoms with E-state index in [0.717, 1.165) is 12.0 Å². The third-order valence-electron chi connectivity index (χ3n) is 2.44. The smallest absolute Gasteiger partial charge is 0.0457 e. The summed E-state index contributed by atoms with van der Waals surface area (Å²) in [6.45, 7) is 0. The predicted molar refractivity (Wildman–Crippen MR) is 59.7 cm³/mol. The van der Waals surface area contributed by atoms with E-state index in [1.807, 2.05) is 42.5 Å². The van der Waals surface area contributed by atoms with Gasteiger partial charge in [-0.25, -0.2) is 0 Å². The molecule has 1 nitrogen and oxygen atoms in total. The van der Waals surface area contributed by atoms with E-state index in [2.05, 4.69) is 12.2 Å². The Morgan fingerprint density at radius 1 is 1.14 bits per heavy atom. The van der Waals surface area contributed by atoms with Crippen molar-refractivity contribution in [3.05, 3.63) is 60.2 Å². The first-order chi connectivity index (χ1) is 6.88. The normalized spacial score (nSPS) is 19.6. The van der Waals surface area contributed by atoms with E-state index in [0.29, 0.717) is 5.71 Å². The second-order valence-corrected chi connectivity index (χ2v) is 3.43. The molecule has 0 saturated heterocycles. The summed E-state index contributed by atoms with van der Waals surface area (Å²) >= 11 is 0. The van der Waals surface area contributed by atoms with Gasteiger partial charge in [0.25, 0.3) is 0 Å². The number of allylic oxidation sites excluding steroid dienone is 4. The van der Waals surface area contributed by atoms with Crippen molar-refractivity contribution in [2.24, 2.45) is 5.92 Å². The maximum Gasteiger partial charge on any atom is 0.0457 e. The van der Waals surface area contributed by atoms with Crippen molar-refractivity contribution in [1.82, 2.24) is 0 Å². The quantitative estimate of drug-likeness (QED) is 0.681. The van der Waals surface area contributed by atoms with E-state index in [-0.39, 0.29) is 5.92 Å². The van der Waals surface area contributed by atoms with Gasteiger partial charge in [-0.1, -0.05) is 54.6 Å². The average Bonchev–Trinajstić information content (AvgIpc) is 2.30. The van der Waals surface area contributed by atoms with Gasteiger partial charge in [-0.3, -0.25) is 0 Å². The van der Waals surface area contributed by atoms with Crippen LogP contribution in [-0.2, 0) is 0 Å². The molecule has 1 aliphatic carbocycles. The van der Waals surface area contributed by atoms with Gasteiger partial charge in [0.2, 0.25) is 0 Å². The van der Waals surface area contributed by atoms with E-state index in [9.17, 15) is 0 Å². The van der Waals surface area contributed by atoms with Crippen LogP contribution >= 0.6 is 0 Å². The minimum atomic E-state index is 0.252. The number of benzene rings is 1. The van der Waals surface area contributed by atoms with Gasteiger partial charge in [0, 0.05) is 11.6 Å². The Morgan fingerprint density at radius 3 is 2.57 bits per heavy atom. The molecule has 1 heteroatoms. The first-order valence-electron chi connectivity index (χ1n) is 4.85. The van der Waals surface area contributed by atoms with Gasteiger partial charge in [0.1, 0.15) is 0 Å². The number of hydrogen-bond acceptors (Lipinski definition) is 1. The van der Waals surface area contributed by atoms with Gasteiger partial charge in [-0.2, -0.15) is 0 Å². The molecule has 1 aromatic rings.